The van der Waals surface area contributed by atoms with E-state index in [0.717, 1.165) is 6.54 Å². The van der Waals surface area contributed by atoms with Crippen LogP contribution in [0.5, 0.6) is 0 Å². The van der Waals surface area contributed by atoms with Crippen molar-refractivity contribution in [2.24, 2.45) is 5.92 Å². The van der Waals surface area contributed by atoms with Gasteiger partial charge in [0.1, 0.15) is 0 Å². The fourth-order valence-electron chi connectivity index (χ4n) is 2.44. The highest BCUT2D eigenvalue weighted by Crippen LogP contribution is 2.19. The zero-order chi connectivity index (χ0) is 13.9. The largest absolute Gasteiger partial charge is 0.395 e. The highest BCUT2D eigenvalue weighted by atomic mass is 16.3. The predicted octanol–water partition coefficient (Wildman–Crippen LogP) is 3.06. The van der Waals surface area contributed by atoms with Crippen molar-refractivity contribution in [2.75, 3.05) is 13.7 Å². The van der Waals surface area contributed by atoms with Crippen LogP contribution in [0.4, 0.5) is 0 Å². The molecular weight excluding hydrogens is 222 g/mol. The maximum absolute atomic E-state index is 9.47. The molecule has 1 aromatic carbocycles. The predicted molar refractivity (Wildman–Crippen MR) is 77.8 cm³/mol. The number of aliphatic hydroxyl groups is 1. The van der Waals surface area contributed by atoms with Crippen molar-refractivity contribution in [2.45, 2.75) is 47.2 Å². The first-order valence-corrected chi connectivity index (χ1v) is 6.74. The van der Waals surface area contributed by atoms with Crippen molar-refractivity contribution in [1.82, 2.24) is 4.90 Å². The summed E-state index contributed by atoms with van der Waals surface area (Å²) in [6, 6.07) is 4.75. The molecule has 0 saturated heterocycles. The average Bonchev–Trinajstić information content (AvgIpc) is 2.26. The van der Waals surface area contributed by atoms with E-state index in [1.165, 1.54) is 22.3 Å². The van der Waals surface area contributed by atoms with Gasteiger partial charge >= 0.3 is 0 Å². The summed E-state index contributed by atoms with van der Waals surface area (Å²) in [5.41, 5.74) is 5.39. The van der Waals surface area contributed by atoms with Crippen LogP contribution in [0.2, 0.25) is 0 Å². The molecule has 1 rings (SSSR count). The minimum Gasteiger partial charge on any atom is -0.395 e. The summed E-state index contributed by atoms with van der Waals surface area (Å²) >= 11 is 0. The van der Waals surface area contributed by atoms with Crippen molar-refractivity contribution in [3.05, 3.63) is 34.4 Å². The molecule has 0 radical (unpaired) electrons. The van der Waals surface area contributed by atoms with Crippen LogP contribution < -0.4 is 0 Å². The molecule has 1 N–H and O–H groups in total. The Balaban J connectivity index is 2.87. The lowest BCUT2D eigenvalue weighted by atomic mass is 9.98. The third kappa shape index (κ3) is 3.56. The van der Waals surface area contributed by atoms with Crippen LogP contribution in [0, 0.1) is 26.7 Å². The summed E-state index contributed by atoms with van der Waals surface area (Å²) in [5, 5.41) is 9.47. The number of aryl methyl sites for hydroxylation is 3. The Morgan fingerprint density at radius 1 is 1.06 bits per heavy atom. The fraction of sp³-hybridized carbons (Fsp3) is 0.625. The molecule has 18 heavy (non-hydrogen) atoms. The second kappa shape index (κ2) is 6.35. The number of benzene rings is 1. The van der Waals surface area contributed by atoms with Gasteiger partial charge in [0.2, 0.25) is 0 Å². The lowest BCUT2D eigenvalue weighted by molar-refractivity contribution is 0.107. The topological polar surface area (TPSA) is 23.5 Å². The van der Waals surface area contributed by atoms with Gasteiger partial charge in [-0.1, -0.05) is 26.0 Å². The molecule has 102 valence electrons. The smallest absolute Gasteiger partial charge is 0.0589 e. The molecule has 0 heterocycles. The molecule has 0 amide bonds. The monoisotopic (exact) mass is 249 g/mol. The molecule has 1 unspecified atom stereocenters. The summed E-state index contributed by atoms with van der Waals surface area (Å²) in [7, 11) is 2.09. The summed E-state index contributed by atoms with van der Waals surface area (Å²) in [5.74, 6) is 0.465. The average molecular weight is 249 g/mol. The van der Waals surface area contributed by atoms with Gasteiger partial charge in [-0.25, -0.2) is 0 Å². The highest BCUT2D eigenvalue weighted by Gasteiger charge is 2.18. The maximum Gasteiger partial charge on any atom is 0.0589 e. The number of nitrogens with zero attached hydrogens (tertiary/aromatic N) is 1. The number of rotatable bonds is 5. The molecule has 0 aromatic heterocycles. The van der Waals surface area contributed by atoms with Gasteiger partial charge in [-0.15, -0.1) is 0 Å². The van der Waals surface area contributed by atoms with E-state index in [1.54, 1.807) is 0 Å². The molecule has 2 nitrogen and oxygen atoms in total. The Kier molecular flexibility index (Phi) is 5.36. The van der Waals surface area contributed by atoms with Gasteiger partial charge in [-0.05, 0) is 56.0 Å². The Hall–Kier alpha value is -0.860. The van der Waals surface area contributed by atoms with E-state index in [0.29, 0.717) is 5.92 Å². The molecule has 0 saturated carbocycles. The van der Waals surface area contributed by atoms with Crippen LogP contribution in [0.25, 0.3) is 0 Å². The molecular formula is C16H27NO. The summed E-state index contributed by atoms with van der Waals surface area (Å²) < 4.78 is 0. The first-order chi connectivity index (χ1) is 8.36. The van der Waals surface area contributed by atoms with E-state index in [-0.39, 0.29) is 12.6 Å². The van der Waals surface area contributed by atoms with Crippen molar-refractivity contribution < 1.29 is 5.11 Å². The van der Waals surface area contributed by atoms with Crippen molar-refractivity contribution in [1.29, 1.82) is 0 Å². The number of hydrogen-bond acceptors (Lipinski definition) is 2. The number of aliphatic hydroxyl groups excluding tert-OH is 1. The van der Waals surface area contributed by atoms with Gasteiger partial charge in [0.15, 0.2) is 0 Å². The second-order valence-corrected chi connectivity index (χ2v) is 5.77. The third-order valence-electron chi connectivity index (χ3n) is 3.89. The van der Waals surface area contributed by atoms with Crippen LogP contribution in [0.1, 0.15) is 36.1 Å². The Morgan fingerprint density at radius 3 is 2.11 bits per heavy atom. The van der Waals surface area contributed by atoms with Gasteiger partial charge in [-0.3, -0.25) is 4.90 Å². The van der Waals surface area contributed by atoms with Gasteiger partial charge in [0.05, 0.1) is 6.61 Å². The van der Waals surface area contributed by atoms with E-state index < -0.39 is 0 Å². The third-order valence-corrected chi connectivity index (χ3v) is 3.89. The highest BCUT2D eigenvalue weighted by molar-refractivity contribution is 5.36. The fourth-order valence-corrected chi connectivity index (χ4v) is 2.44. The van der Waals surface area contributed by atoms with Crippen molar-refractivity contribution >= 4 is 0 Å². The molecule has 0 aliphatic rings. The Labute approximate surface area is 112 Å². The van der Waals surface area contributed by atoms with Crippen molar-refractivity contribution in [3.63, 3.8) is 0 Å². The van der Waals surface area contributed by atoms with E-state index in [1.807, 2.05) is 0 Å². The van der Waals surface area contributed by atoms with Crippen LogP contribution in [-0.4, -0.2) is 29.7 Å². The lowest BCUT2D eigenvalue weighted by Crippen LogP contribution is -2.38. The normalized spacial score (nSPS) is 13.4. The minimum absolute atomic E-state index is 0.220. The van der Waals surface area contributed by atoms with E-state index in [4.69, 9.17) is 0 Å². The molecule has 0 fully saturated rings. The molecule has 0 aliphatic carbocycles. The van der Waals surface area contributed by atoms with Crippen molar-refractivity contribution in [3.8, 4) is 0 Å². The standard InChI is InChI=1S/C16H27NO/c1-11(2)16(10-18)17(6)9-15-8-13(4)12(3)7-14(15)5/h7-8,11,16,18H,9-10H2,1-6H3. The lowest BCUT2D eigenvalue weighted by Gasteiger charge is -2.30. The molecule has 0 aliphatic heterocycles. The van der Waals surface area contributed by atoms with Gasteiger partial charge < -0.3 is 5.11 Å². The van der Waals surface area contributed by atoms with E-state index in [2.05, 4.69) is 58.7 Å². The molecule has 0 spiro atoms. The second-order valence-electron chi connectivity index (χ2n) is 5.77. The van der Waals surface area contributed by atoms with Crippen LogP contribution in [0.3, 0.4) is 0 Å². The Morgan fingerprint density at radius 2 is 1.61 bits per heavy atom. The van der Waals surface area contributed by atoms with E-state index >= 15 is 0 Å². The summed E-state index contributed by atoms with van der Waals surface area (Å²) in [4.78, 5) is 2.25. The van der Waals surface area contributed by atoms with Gasteiger partial charge in [0.25, 0.3) is 0 Å². The molecule has 1 atom stereocenters. The van der Waals surface area contributed by atoms with Gasteiger partial charge in [0, 0.05) is 12.6 Å². The first-order valence-electron chi connectivity index (χ1n) is 6.74. The first kappa shape index (κ1) is 15.2. The zero-order valence-corrected chi connectivity index (χ0v) is 12.6. The maximum atomic E-state index is 9.47. The number of hydrogen-bond donors (Lipinski definition) is 1. The number of likely N-dealkylation sites (N-methyl/N-ethyl adjacent to an activating group) is 1. The van der Waals surface area contributed by atoms with Gasteiger partial charge in [-0.2, -0.15) is 0 Å². The quantitative estimate of drug-likeness (QED) is 0.867. The molecule has 2 heteroatoms. The van der Waals surface area contributed by atoms with Crippen LogP contribution >= 0.6 is 0 Å². The minimum atomic E-state index is 0.220. The van der Waals surface area contributed by atoms with Crippen LogP contribution in [-0.2, 0) is 6.54 Å². The van der Waals surface area contributed by atoms with E-state index in [9.17, 15) is 5.11 Å². The molecule has 0 bridgehead atoms. The zero-order valence-electron chi connectivity index (χ0n) is 12.6. The summed E-state index contributed by atoms with van der Waals surface area (Å²) in [6.45, 7) is 11.9. The van der Waals surface area contributed by atoms with Crippen LogP contribution in [0.15, 0.2) is 12.1 Å². The molecule has 1 aromatic rings. The summed E-state index contributed by atoms with van der Waals surface area (Å²) in [6.07, 6.45) is 0. The SMILES string of the molecule is Cc1cc(C)c(CN(C)C(CO)C(C)C)cc1C. The Bertz CT molecular complexity index is 398.